The lowest BCUT2D eigenvalue weighted by Crippen LogP contribution is -2.53. The maximum Gasteiger partial charge on any atom is 0.318 e. The molecular weight excluding hydrogens is 506 g/mol. The molecule has 2 aromatic carbocycles. The quantitative estimate of drug-likeness (QED) is 0.535. The van der Waals surface area contributed by atoms with Crippen LogP contribution in [0.2, 0.25) is 0 Å². The molecule has 4 rings (SSSR count). The Balaban J connectivity index is 1.62. The first-order chi connectivity index (χ1) is 19.1. The van der Waals surface area contributed by atoms with Crippen molar-refractivity contribution in [1.29, 1.82) is 0 Å². The van der Waals surface area contributed by atoms with E-state index < -0.39 is 5.54 Å². The van der Waals surface area contributed by atoms with Gasteiger partial charge in [-0.25, -0.2) is 9.80 Å². The molecule has 0 aliphatic carbocycles. The van der Waals surface area contributed by atoms with Gasteiger partial charge in [-0.05, 0) is 63.4 Å². The fraction of sp³-hybridized carbons (Fsp3) is 0.516. The average molecular weight is 550 g/mol. The van der Waals surface area contributed by atoms with Gasteiger partial charge >= 0.3 is 6.03 Å². The Bertz CT molecular complexity index is 1230. The predicted molar refractivity (Wildman–Crippen MR) is 157 cm³/mol. The number of morpholine rings is 1. The molecule has 3 amide bonds. The van der Waals surface area contributed by atoms with Gasteiger partial charge in [0.05, 0.1) is 32.1 Å². The highest BCUT2D eigenvalue weighted by molar-refractivity contribution is 6.03. The van der Waals surface area contributed by atoms with Crippen molar-refractivity contribution in [3.63, 3.8) is 0 Å². The molecular formula is C31H43N5O4. The third kappa shape index (κ3) is 7.40. The first-order valence-electron chi connectivity index (χ1n) is 14.0. The smallest absolute Gasteiger partial charge is 0.318 e. The molecule has 216 valence electrons. The standard InChI is InChI=1S/C31H43N5O4/c1-22-11-12-24(19-23(22)2)26-20-27(25-9-7-8-10-28(25)39-6)36(33-26)29(37)21-35(30(38)32-31(3,4)5)14-13-34-15-17-40-18-16-34/h7-12,19,27H,13-18,20-21H2,1-6H3,(H,32,38)/t27-/m1/s1. The normalized spacial score (nSPS) is 17.9. The van der Waals surface area contributed by atoms with Gasteiger partial charge in [-0.1, -0.05) is 30.3 Å². The second-order valence-electron chi connectivity index (χ2n) is 11.6. The zero-order chi connectivity index (χ0) is 28.9. The molecule has 2 aliphatic heterocycles. The van der Waals surface area contributed by atoms with Crippen LogP contribution in [-0.2, 0) is 9.53 Å². The van der Waals surface area contributed by atoms with Crippen LogP contribution in [0.5, 0.6) is 5.75 Å². The van der Waals surface area contributed by atoms with Crippen molar-refractivity contribution >= 4 is 17.6 Å². The summed E-state index contributed by atoms with van der Waals surface area (Å²) >= 11 is 0. The number of methoxy groups -OCH3 is 1. The number of hydrogen-bond donors (Lipinski definition) is 1. The summed E-state index contributed by atoms with van der Waals surface area (Å²) in [6.07, 6.45) is 0.552. The number of nitrogens with zero attached hydrogens (tertiary/aromatic N) is 4. The maximum atomic E-state index is 14.0. The van der Waals surface area contributed by atoms with Crippen LogP contribution >= 0.6 is 0 Å². The van der Waals surface area contributed by atoms with Gasteiger partial charge in [-0.3, -0.25) is 9.69 Å². The summed E-state index contributed by atoms with van der Waals surface area (Å²) < 4.78 is 11.1. The highest BCUT2D eigenvalue weighted by Gasteiger charge is 2.36. The molecule has 0 saturated carbocycles. The van der Waals surface area contributed by atoms with Gasteiger partial charge in [0.25, 0.3) is 5.91 Å². The molecule has 2 heterocycles. The number of amides is 3. The molecule has 1 saturated heterocycles. The van der Waals surface area contributed by atoms with E-state index in [0.29, 0.717) is 38.5 Å². The number of urea groups is 1. The second kappa shape index (κ2) is 12.8. The molecule has 0 spiro atoms. The van der Waals surface area contributed by atoms with Crippen molar-refractivity contribution in [2.45, 2.75) is 52.6 Å². The Labute approximate surface area is 238 Å². The molecule has 1 atom stereocenters. The van der Waals surface area contributed by atoms with Crippen LogP contribution in [-0.4, -0.2) is 91.0 Å². The van der Waals surface area contributed by atoms with Crippen LogP contribution in [0.15, 0.2) is 47.6 Å². The van der Waals surface area contributed by atoms with Gasteiger partial charge in [-0.15, -0.1) is 0 Å². The van der Waals surface area contributed by atoms with E-state index in [1.54, 1.807) is 17.0 Å². The molecule has 40 heavy (non-hydrogen) atoms. The van der Waals surface area contributed by atoms with E-state index in [4.69, 9.17) is 14.6 Å². The summed E-state index contributed by atoms with van der Waals surface area (Å²) in [5.74, 6) is 0.470. The fourth-order valence-electron chi connectivity index (χ4n) is 4.99. The van der Waals surface area contributed by atoms with E-state index in [9.17, 15) is 9.59 Å². The van der Waals surface area contributed by atoms with E-state index >= 15 is 0 Å². The topological polar surface area (TPSA) is 86.7 Å². The Morgan fingerprint density at radius 1 is 1.10 bits per heavy atom. The highest BCUT2D eigenvalue weighted by Crippen LogP contribution is 2.37. The number of hydrazone groups is 1. The summed E-state index contributed by atoms with van der Waals surface area (Å²) in [4.78, 5) is 31.2. The summed E-state index contributed by atoms with van der Waals surface area (Å²) in [7, 11) is 1.63. The Kier molecular flexibility index (Phi) is 9.48. The van der Waals surface area contributed by atoms with E-state index in [1.165, 1.54) is 11.1 Å². The second-order valence-corrected chi connectivity index (χ2v) is 11.6. The predicted octanol–water partition coefficient (Wildman–Crippen LogP) is 4.13. The number of aryl methyl sites for hydroxylation is 2. The Hall–Kier alpha value is -3.43. The monoisotopic (exact) mass is 549 g/mol. The van der Waals surface area contributed by atoms with Crippen molar-refractivity contribution in [3.05, 3.63) is 64.7 Å². The number of hydrogen-bond acceptors (Lipinski definition) is 6. The average Bonchev–Trinajstić information content (AvgIpc) is 3.37. The van der Waals surface area contributed by atoms with Crippen molar-refractivity contribution in [3.8, 4) is 5.75 Å². The molecule has 9 nitrogen and oxygen atoms in total. The fourth-order valence-corrected chi connectivity index (χ4v) is 4.99. The molecule has 0 radical (unpaired) electrons. The minimum atomic E-state index is -0.431. The first kappa shape index (κ1) is 29.6. The van der Waals surface area contributed by atoms with Crippen molar-refractivity contribution in [1.82, 2.24) is 20.1 Å². The Morgan fingerprint density at radius 3 is 2.50 bits per heavy atom. The van der Waals surface area contributed by atoms with Crippen molar-refractivity contribution in [2.24, 2.45) is 5.10 Å². The lowest BCUT2D eigenvalue weighted by atomic mass is 9.96. The van der Waals surface area contributed by atoms with E-state index in [-0.39, 0.29) is 24.5 Å². The minimum Gasteiger partial charge on any atom is -0.496 e. The highest BCUT2D eigenvalue weighted by atomic mass is 16.5. The molecule has 1 fully saturated rings. The summed E-state index contributed by atoms with van der Waals surface area (Å²) in [6.45, 7) is 14.0. The van der Waals surface area contributed by atoms with Crippen LogP contribution in [0.25, 0.3) is 0 Å². The van der Waals surface area contributed by atoms with Crippen LogP contribution in [0.3, 0.4) is 0 Å². The van der Waals surface area contributed by atoms with Crippen LogP contribution in [0.4, 0.5) is 4.79 Å². The lowest BCUT2D eigenvalue weighted by molar-refractivity contribution is -0.133. The third-order valence-corrected chi connectivity index (χ3v) is 7.39. The van der Waals surface area contributed by atoms with E-state index in [0.717, 1.165) is 29.9 Å². The van der Waals surface area contributed by atoms with Crippen LogP contribution in [0.1, 0.15) is 55.5 Å². The number of ether oxygens (including phenoxy) is 2. The number of nitrogens with one attached hydrogen (secondary N) is 1. The number of carbonyl (C=O) groups is 2. The molecule has 1 N–H and O–H groups in total. The van der Waals surface area contributed by atoms with Gasteiger partial charge in [0.1, 0.15) is 12.3 Å². The molecule has 0 aromatic heterocycles. The van der Waals surface area contributed by atoms with Crippen molar-refractivity contribution in [2.75, 3.05) is 53.0 Å². The van der Waals surface area contributed by atoms with Crippen molar-refractivity contribution < 1.29 is 19.1 Å². The van der Waals surface area contributed by atoms with Gasteiger partial charge in [0.15, 0.2) is 0 Å². The molecule has 2 aliphatic rings. The summed E-state index contributed by atoms with van der Waals surface area (Å²) in [5, 5.41) is 9.44. The SMILES string of the molecule is COc1ccccc1[C@H]1CC(c2ccc(C)c(C)c2)=NN1C(=O)CN(CCN1CCOCC1)C(=O)NC(C)(C)C. The van der Waals surface area contributed by atoms with Crippen LogP contribution < -0.4 is 10.1 Å². The number of rotatable bonds is 8. The molecule has 9 heteroatoms. The van der Waals surface area contributed by atoms with E-state index in [2.05, 4.69) is 42.3 Å². The van der Waals surface area contributed by atoms with Gasteiger partial charge < -0.3 is 19.7 Å². The largest absolute Gasteiger partial charge is 0.496 e. The minimum absolute atomic E-state index is 0.0817. The number of carbonyl (C=O) groups excluding carboxylic acids is 2. The van der Waals surface area contributed by atoms with Gasteiger partial charge in [0.2, 0.25) is 0 Å². The molecule has 0 unspecified atom stereocenters. The first-order valence-corrected chi connectivity index (χ1v) is 14.0. The number of para-hydroxylation sites is 1. The van der Waals surface area contributed by atoms with Gasteiger partial charge in [-0.2, -0.15) is 5.10 Å². The van der Waals surface area contributed by atoms with Gasteiger partial charge in [0, 0.05) is 43.7 Å². The van der Waals surface area contributed by atoms with Crippen LogP contribution in [0, 0.1) is 13.8 Å². The number of benzene rings is 2. The van der Waals surface area contributed by atoms with E-state index in [1.807, 2.05) is 45.0 Å². The summed E-state index contributed by atoms with van der Waals surface area (Å²) in [5.41, 5.74) is 4.67. The summed E-state index contributed by atoms with van der Waals surface area (Å²) in [6, 6.07) is 13.4. The maximum absolute atomic E-state index is 14.0. The molecule has 0 bridgehead atoms. The zero-order valence-electron chi connectivity index (χ0n) is 24.7. The molecule has 2 aromatic rings. The zero-order valence-corrected chi connectivity index (χ0v) is 24.7. The Morgan fingerprint density at radius 2 is 1.82 bits per heavy atom. The lowest BCUT2D eigenvalue weighted by Gasteiger charge is -2.33. The third-order valence-electron chi connectivity index (χ3n) is 7.39.